The van der Waals surface area contributed by atoms with E-state index in [4.69, 9.17) is 9.88 Å². The average molecular weight is 506 g/mol. The molecule has 3 heterocycles. The summed E-state index contributed by atoms with van der Waals surface area (Å²) in [7, 11) is -3.32. The van der Waals surface area contributed by atoms with E-state index >= 15 is 4.39 Å². The maximum atomic E-state index is 15.2. The van der Waals surface area contributed by atoms with Crippen LogP contribution < -0.4 is 9.88 Å². The van der Waals surface area contributed by atoms with Gasteiger partial charge in [0, 0.05) is 40.0 Å². The minimum atomic E-state index is -4.66. The van der Waals surface area contributed by atoms with E-state index in [0.717, 1.165) is 39.7 Å². The lowest BCUT2D eigenvalue weighted by Crippen LogP contribution is -2.16. The van der Waals surface area contributed by atoms with Crippen molar-refractivity contribution in [2.75, 3.05) is 7.11 Å². The molecule has 0 spiro atoms. The Labute approximate surface area is 204 Å². The second-order valence-electron chi connectivity index (χ2n) is 7.79. The van der Waals surface area contributed by atoms with Crippen molar-refractivity contribution in [3.8, 4) is 39.3 Å². The molecule has 0 saturated heterocycles. The molecule has 0 saturated carbocycles. The first-order valence-corrected chi connectivity index (χ1v) is 12.0. The summed E-state index contributed by atoms with van der Waals surface area (Å²) < 4.78 is 58.2. The smallest absolute Gasteiger partial charge is 0.243 e. The third kappa shape index (κ3) is 4.14. The van der Waals surface area contributed by atoms with E-state index in [9.17, 15) is 12.8 Å². The van der Waals surface area contributed by atoms with Crippen LogP contribution in [-0.2, 0) is 10.0 Å². The summed E-state index contributed by atoms with van der Waals surface area (Å²) >= 11 is 0. The topological polar surface area (TPSA) is 121 Å². The fraction of sp³-hybridized carbons (Fsp3) is 0.0400. The molecule has 5 rings (SSSR count). The highest BCUT2D eigenvalue weighted by atomic mass is 32.2. The molecule has 0 aliphatic heterocycles. The zero-order valence-electron chi connectivity index (χ0n) is 18.7. The van der Waals surface area contributed by atoms with E-state index < -0.39 is 26.6 Å². The molecule has 11 heteroatoms. The van der Waals surface area contributed by atoms with Crippen molar-refractivity contribution in [1.82, 2.24) is 20.2 Å². The zero-order chi connectivity index (χ0) is 25.4. The number of halogens is 2. The monoisotopic (exact) mass is 505 g/mol. The fourth-order valence-corrected chi connectivity index (χ4v) is 4.69. The molecule has 0 aliphatic rings. The van der Waals surface area contributed by atoms with Gasteiger partial charge in [-0.2, -0.15) is 10.2 Å². The van der Waals surface area contributed by atoms with Crippen molar-refractivity contribution in [1.29, 1.82) is 0 Å². The van der Waals surface area contributed by atoms with E-state index in [1.807, 2.05) is 30.3 Å². The van der Waals surface area contributed by atoms with E-state index in [-0.39, 0.29) is 17.0 Å². The van der Waals surface area contributed by atoms with Gasteiger partial charge in [-0.05, 0) is 53.6 Å². The molecule has 0 atom stereocenters. The standard InChI is InChI=1S/C25H17F2N5O3S/c1-35-25-20(18-3-4-21(26)24(23(18)27)36(28,33)34)11-16(12-30-25)14-2-5-22-19(10-14)17(7-8-29-22)15-6-9-31-32-13-15/h2-13H,1H3,(H2,28,33,34). The Morgan fingerprint density at radius 1 is 0.806 bits per heavy atom. The van der Waals surface area contributed by atoms with Gasteiger partial charge < -0.3 is 4.74 Å². The molecule has 0 aliphatic carbocycles. The molecule has 0 bridgehead atoms. The van der Waals surface area contributed by atoms with Crippen molar-refractivity contribution in [3.05, 3.63) is 85.0 Å². The van der Waals surface area contributed by atoms with Crippen LogP contribution in [0.3, 0.4) is 0 Å². The number of aromatic nitrogens is 4. The highest BCUT2D eigenvalue weighted by molar-refractivity contribution is 7.89. The third-order valence-corrected chi connectivity index (χ3v) is 6.58. The summed E-state index contributed by atoms with van der Waals surface area (Å²) in [4.78, 5) is 7.47. The number of benzene rings is 2. The lowest BCUT2D eigenvalue weighted by Gasteiger charge is -2.13. The lowest BCUT2D eigenvalue weighted by molar-refractivity contribution is 0.399. The van der Waals surface area contributed by atoms with Crippen LogP contribution in [0.25, 0.3) is 44.3 Å². The SMILES string of the molecule is COc1ncc(-c2ccc3nccc(-c4ccnnc4)c3c2)cc1-c1ccc(F)c(S(N)(=O)=O)c1F. The second-order valence-corrected chi connectivity index (χ2v) is 9.28. The molecule has 5 aromatic rings. The van der Waals surface area contributed by atoms with Crippen LogP contribution in [0.2, 0.25) is 0 Å². The van der Waals surface area contributed by atoms with Crippen LogP contribution >= 0.6 is 0 Å². The van der Waals surface area contributed by atoms with Crippen molar-refractivity contribution in [3.63, 3.8) is 0 Å². The van der Waals surface area contributed by atoms with Crippen LogP contribution in [-0.4, -0.2) is 35.7 Å². The van der Waals surface area contributed by atoms with Crippen LogP contribution in [0.15, 0.2) is 78.2 Å². The Bertz CT molecular complexity index is 1730. The molecule has 8 nitrogen and oxygen atoms in total. The summed E-state index contributed by atoms with van der Waals surface area (Å²) in [6, 6.07) is 12.8. The molecule has 2 N–H and O–H groups in total. The molecular weight excluding hydrogens is 488 g/mol. The van der Waals surface area contributed by atoms with E-state index in [1.165, 1.54) is 13.3 Å². The zero-order valence-corrected chi connectivity index (χ0v) is 19.5. The van der Waals surface area contributed by atoms with Gasteiger partial charge in [0.25, 0.3) is 0 Å². The van der Waals surface area contributed by atoms with Gasteiger partial charge in [-0.1, -0.05) is 6.07 Å². The lowest BCUT2D eigenvalue weighted by atomic mass is 9.97. The van der Waals surface area contributed by atoms with Crippen LogP contribution in [0.1, 0.15) is 0 Å². The molecular formula is C25H17F2N5O3S. The van der Waals surface area contributed by atoms with Gasteiger partial charge in [0.05, 0.1) is 25.0 Å². The number of ether oxygens (including phenoxy) is 1. The number of sulfonamides is 1. The summed E-state index contributed by atoms with van der Waals surface area (Å²) in [5.41, 5.74) is 3.70. The number of nitrogens with two attached hydrogens (primary N) is 1. The third-order valence-electron chi connectivity index (χ3n) is 5.64. The van der Waals surface area contributed by atoms with Crippen LogP contribution in [0.5, 0.6) is 5.88 Å². The summed E-state index contributed by atoms with van der Waals surface area (Å²) in [6.45, 7) is 0. The highest BCUT2D eigenvalue weighted by Gasteiger charge is 2.25. The number of primary sulfonamides is 1. The number of pyridine rings is 2. The maximum absolute atomic E-state index is 15.2. The van der Waals surface area contributed by atoms with E-state index in [2.05, 4.69) is 20.2 Å². The van der Waals surface area contributed by atoms with Gasteiger partial charge >= 0.3 is 0 Å². The molecule has 2 aromatic carbocycles. The number of methoxy groups -OCH3 is 1. The molecule has 0 radical (unpaired) electrons. The van der Waals surface area contributed by atoms with Gasteiger partial charge in [0.15, 0.2) is 10.7 Å². The number of nitrogens with zero attached hydrogens (tertiary/aromatic N) is 4. The first kappa shape index (κ1) is 23.4. The first-order chi connectivity index (χ1) is 17.3. The summed E-state index contributed by atoms with van der Waals surface area (Å²) in [5.74, 6) is -2.59. The Balaban J connectivity index is 1.70. The Hall–Kier alpha value is -4.35. The molecule has 0 unspecified atom stereocenters. The minimum absolute atomic E-state index is 0.0237. The van der Waals surface area contributed by atoms with Crippen molar-refractivity contribution in [2.45, 2.75) is 4.90 Å². The molecule has 3 aromatic heterocycles. The molecule has 0 amide bonds. The number of hydrogen-bond donors (Lipinski definition) is 1. The van der Waals surface area contributed by atoms with E-state index in [0.29, 0.717) is 5.56 Å². The van der Waals surface area contributed by atoms with E-state index in [1.54, 1.807) is 24.7 Å². The predicted molar refractivity (Wildman–Crippen MR) is 129 cm³/mol. The predicted octanol–water partition coefficient (Wildman–Crippen LogP) is 4.36. The van der Waals surface area contributed by atoms with Gasteiger partial charge in [-0.3, -0.25) is 4.98 Å². The highest BCUT2D eigenvalue weighted by Crippen LogP contribution is 2.37. The number of fused-ring (bicyclic) bond motifs is 1. The largest absolute Gasteiger partial charge is 0.481 e. The van der Waals surface area contributed by atoms with Crippen LogP contribution in [0, 0.1) is 11.6 Å². The summed E-state index contributed by atoms with van der Waals surface area (Å²) in [5, 5.41) is 13.6. The Morgan fingerprint density at radius 2 is 1.64 bits per heavy atom. The van der Waals surface area contributed by atoms with Crippen molar-refractivity contribution < 1.29 is 21.9 Å². The minimum Gasteiger partial charge on any atom is -0.481 e. The second kappa shape index (κ2) is 9.02. The quantitative estimate of drug-likeness (QED) is 0.377. The normalized spacial score (nSPS) is 11.6. The fourth-order valence-electron chi connectivity index (χ4n) is 3.99. The van der Waals surface area contributed by atoms with Crippen molar-refractivity contribution in [2.24, 2.45) is 5.14 Å². The Morgan fingerprint density at radius 3 is 2.36 bits per heavy atom. The van der Waals surface area contributed by atoms with Crippen molar-refractivity contribution >= 4 is 20.9 Å². The summed E-state index contributed by atoms with van der Waals surface area (Å²) in [6.07, 6.45) is 6.48. The molecule has 36 heavy (non-hydrogen) atoms. The van der Waals surface area contributed by atoms with Gasteiger partial charge in [-0.25, -0.2) is 27.3 Å². The molecule has 0 fully saturated rings. The van der Waals surface area contributed by atoms with Crippen LogP contribution in [0.4, 0.5) is 8.78 Å². The van der Waals surface area contributed by atoms with Gasteiger partial charge in [0.2, 0.25) is 15.9 Å². The van der Waals surface area contributed by atoms with Gasteiger partial charge in [0.1, 0.15) is 5.82 Å². The number of rotatable bonds is 5. The number of hydrogen-bond acceptors (Lipinski definition) is 7. The average Bonchev–Trinajstić information content (AvgIpc) is 2.87. The van der Waals surface area contributed by atoms with Gasteiger partial charge in [-0.15, -0.1) is 0 Å². The Kier molecular flexibility index (Phi) is 5.86. The maximum Gasteiger partial charge on any atom is 0.243 e. The molecule has 180 valence electrons. The first-order valence-electron chi connectivity index (χ1n) is 10.5.